The number of para-hydroxylation sites is 1. The molecule has 0 aliphatic rings. The smallest absolute Gasteiger partial charge is 0.265 e. The molecule has 6 nitrogen and oxygen atoms in total. The molecule has 28 heavy (non-hydrogen) atoms. The summed E-state index contributed by atoms with van der Waals surface area (Å²) in [4.78, 5) is 14.3. The Morgan fingerprint density at radius 3 is 2.54 bits per heavy atom. The molecule has 2 aromatic carbocycles. The number of hydrogen-bond acceptors (Lipinski definition) is 5. The summed E-state index contributed by atoms with van der Waals surface area (Å²) in [6.07, 6.45) is 1.14. The molecule has 0 unspecified atom stereocenters. The van der Waals surface area contributed by atoms with Gasteiger partial charge < -0.3 is 5.32 Å². The van der Waals surface area contributed by atoms with E-state index in [-0.39, 0.29) is 10.8 Å². The molecule has 0 saturated carbocycles. The van der Waals surface area contributed by atoms with Crippen molar-refractivity contribution < 1.29 is 13.2 Å². The summed E-state index contributed by atoms with van der Waals surface area (Å²) in [7, 11) is -3.34. The normalized spacial score (nSPS) is 11.6. The van der Waals surface area contributed by atoms with Crippen LogP contribution in [0.15, 0.2) is 65.6 Å². The number of carbonyl (C=O) groups excluding carboxylic acids is 1. The van der Waals surface area contributed by atoms with Crippen LogP contribution < -0.4 is 5.32 Å². The van der Waals surface area contributed by atoms with Crippen LogP contribution in [0.5, 0.6) is 0 Å². The molecule has 0 spiro atoms. The number of anilines is 1. The van der Waals surface area contributed by atoms with Gasteiger partial charge in [-0.25, -0.2) is 13.1 Å². The highest BCUT2D eigenvalue weighted by atomic mass is 32.2. The van der Waals surface area contributed by atoms with Gasteiger partial charge in [-0.3, -0.25) is 4.79 Å². The number of amides is 1. The van der Waals surface area contributed by atoms with Crippen LogP contribution in [0.2, 0.25) is 0 Å². The first-order chi connectivity index (χ1) is 13.3. The zero-order valence-electron chi connectivity index (χ0n) is 15.2. The summed E-state index contributed by atoms with van der Waals surface area (Å²) in [6.45, 7) is 1.91. The van der Waals surface area contributed by atoms with Crippen molar-refractivity contribution in [3.63, 3.8) is 0 Å². The Bertz CT molecular complexity index is 1290. The molecule has 4 aromatic rings. The first-order valence-corrected chi connectivity index (χ1v) is 11.2. The second-order valence-electron chi connectivity index (χ2n) is 6.42. The molecule has 0 aliphatic carbocycles. The second-order valence-corrected chi connectivity index (χ2v) is 9.46. The first-order valence-electron chi connectivity index (χ1n) is 8.49. The lowest BCUT2D eigenvalue weighted by Crippen LogP contribution is -2.10. The number of fused-ring (bicyclic) bond motifs is 1. The van der Waals surface area contributed by atoms with E-state index < -0.39 is 9.84 Å². The van der Waals surface area contributed by atoms with Crippen LogP contribution in [0.1, 0.15) is 15.4 Å². The number of aromatic nitrogens is 2. The van der Waals surface area contributed by atoms with Gasteiger partial charge in [-0.2, -0.15) is 5.10 Å². The minimum absolute atomic E-state index is 0.164. The molecule has 1 N–H and O–H groups in total. The molecule has 8 heteroatoms. The van der Waals surface area contributed by atoms with E-state index in [0.29, 0.717) is 10.6 Å². The Morgan fingerprint density at radius 1 is 1.07 bits per heavy atom. The van der Waals surface area contributed by atoms with Crippen LogP contribution in [0.3, 0.4) is 0 Å². The predicted octanol–water partition coefficient (Wildman–Crippen LogP) is 4.05. The third kappa shape index (κ3) is 3.44. The Balaban J connectivity index is 1.68. The number of rotatable bonds is 4. The third-order valence-corrected chi connectivity index (χ3v) is 6.51. The van der Waals surface area contributed by atoms with Gasteiger partial charge in [0.15, 0.2) is 9.84 Å². The van der Waals surface area contributed by atoms with E-state index in [1.165, 1.54) is 23.5 Å². The van der Waals surface area contributed by atoms with Gasteiger partial charge in [0.2, 0.25) is 0 Å². The van der Waals surface area contributed by atoms with E-state index in [1.54, 1.807) is 12.1 Å². The molecule has 0 radical (unpaired) electrons. The Kier molecular flexibility index (Phi) is 4.52. The van der Waals surface area contributed by atoms with E-state index in [4.69, 9.17) is 0 Å². The number of hydrogen-bond donors (Lipinski definition) is 1. The van der Waals surface area contributed by atoms with E-state index in [2.05, 4.69) is 10.4 Å². The molecule has 0 aliphatic heterocycles. The van der Waals surface area contributed by atoms with Gasteiger partial charge in [0.1, 0.15) is 4.83 Å². The molecule has 0 fully saturated rings. The quantitative estimate of drug-likeness (QED) is 0.549. The highest BCUT2D eigenvalue weighted by molar-refractivity contribution is 7.90. The van der Waals surface area contributed by atoms with Crippen molar-refractivity contribution in [2.45, 2.75) is 11.8 Å². The lowest BCUT2D eigenvalue weighted by atomic mass is 10.3. The number of nitrogens with zero attached hydrogens (tertiary/aromatic N) is 2. The first kappa shape index (κ1) is 18.4. The fourth-order valence-corrected chi connectivity index (χ4v) is 4.65. The highest BCUT2D eigenvalue weighted by Gasteiger charge is 2.18. The van der Waals surface area contributed by atoms with Gasteiger partial charge in [0, 0.05) is 17.3 Å². The minimum Gasteiger partial charge on any atom is -0.321 e. The van der Waals surface area contributed by atoms with E-state index in [1.807, 2.05) is 48.0 Å². The number of benzene rings is 2. The van der Waals surface area contributed by atoms with E-state index >= 15 is 0 Å². The fraction of sp³-hybridized carbons (Fsp3) is 0.100. The van der Waals surface area contributed by atoms with Crippen LogP contribution in [0.4, 0.5) is 5.69 Å². The lowest BCUT2D eigenvalue weighted by Gasteiger charge is -2.05. The summed E-state index contributed by atoms with van der Waals surface area (Å²) in [6, 6.07) is 17.8. The molecule has 0 atom stereocenters. The van der Waals surface area contributed by atoms with Crippen molar-refractivity contribution in [1.29, 1.82) is 0 Å². The molecule has 142 valence electrons. The van der Waals surface area contributed by atoms with Gasteiger partial charge in [-0.1, -0.05) is 24.3 Å². The van der Waals surface area contributed by atoms with Crippen molar-refractivity contribution in [2.24, 2.45) is 0 Å². The summed E-state index contributed by atoms with van der Waals surface area (Å²) < 4.78 is 25.3. The van der Waals surface area contributed by atoms with Crippen molar-refractivity contribution in [3.8, 4) is 5.69 Å². The maximum absolute atomic E-state index is 12.7. The zero-order valence-corrected chi connectivity index (χ0v) is 16.8. The van der Waals surface area contributed by atoms with Crippen LogP contribution in [0, 0.1) is 6.92 Å². The zero-order chi connectivity index (χ0) is 19.9. The molecule has 0 saturated heterocycles. The summed E-state index contributed by atoms with van der Waals surface area (Å²) in [5.74, 6) is -0.286. The average Bonchev–Trinajstić information content (AvgIpc) is 3.23. The third-order valence-electron chi connectivity index (χ3n) is 4.29. The molecular formula is C20H17N3O3S2. The van der Waals surface area contributed by atoms with Crippen molar-refractivity contribution >= 4 is 43.0 Å². The maximum Gasteiger partial charge on any atom is 0.265 e. The molecule has 0 bridgehead atoms. The molecule has 2 heterocycles. The van der Waals surface area contributed by atoms with Gasteiger partial charge >= 0.3 is 0 Å². The van der Waals surface area contributed by atoms with Crippen LogP contribution in [-0.2, 0) is 9.84 Å². The topological polar surface area (TPSA) is 81.1 Å². The fourth-order valence-electron chi connectivity index (χ4n) is 2.90. The van der Waals surface area contributed by atoms with Gasteiger partial charge in [0.05, 0.1) is 21.2 Å². The highest BCUT2D eigenvalue weighted by Crippen LogP contribution is 2.31. The van der Waals surface area contributed by atoms with Gasteiger partial charge in [-0.15, -0.1) is 11.3 Å². The summed E-state index contributed by atoms with van der Waals surface area (Å²) in [5, 5.41) is 8.27. The van der Waals surface area contributed by atoms with Gasteiger partial charge in [0.25, 0.3) is 5.91 Å². The second kappa shape index (κ2) is 6.88. The van der Waals surface area contributed by atoms with Crippen LogP contribution >= 0.6 is 11.3 Å². The van der Waals surface area contributed by atoms with Gasteiger partial charge in [-0.05, 0) is 43.3 Å². The number of sulfone groups is 1. The Morgan fingerprint density at radius 2 is 1.82 bits per heavy atom. The average molecular weight is 412 g/mol. The minimum atomic E-state index is -3.34. The summed E-state index contributed by atoms with van der Waals surface area (Å²) in [5.41, 5.74) is 2.20. The largest absolute Gasteiger partial charge is 0.321 e. The number of nitrogens with one attached hydrogen (secondary N) is 1. The SMILES string of the molecule is Cc1nn(-c2ccccc2)c2sc(C(=O)Nc3cccc(S(C)(=O)=O)c3)cc12. The lowest BCUT2D eigenvalue weighted by molar-refractivity contribution is 0.103. The Labute approximate surface area is 166 Å². The number of thiophene rings is 1. The van der Waals surface area contributed by atoms with Crippen molar-refractivity contribution in [3.05, 3.63) is 71.2 Å². The predicted molar refractivity (Wildman–Crippen MR) is 111 cm³/mol. The van der Waals surface area contributed by atoms with Crippen molar-refractivity contribution in [2.75, 3.05) is 11.6 Å². The molecule has 4 rings (SSSR count). The van der Waals surface area contributed by atoms with Crippen LogP contribution in [-0.4, -0.2) is 30.4 Å². The molecule has 1 amide bonds. The number of aryl methyl sites for hydroxylation is 1. The maximum atomic E-state index is 12.7. The van der Waals surface area contributed by atoms with Crippen molar-refractivity contribution in [1.82, 2.24) is 9.78 Å². The van der Waals surface area contributed by atoms with E-state index in [9.17, 15) is 13.2 Å². The standard InChI is InChI=1S/C20H17N3O3S2/c1-13-17-12-18(27-20(17)23(22-13)15-8-4-3-5-9-15)19(24)21-14-7-6-10-16(11-14)28(2,25)26/h3-12H,1-2H3,(H,21,24). The van der Waals surface area contributed by atoms with Crippen LogP contribution in [0.25, 0.3) is 15.9 Å². The molecule has 2 aromatic heterocycles. The Hall–Kier alpha value is -2.97. The number of carbonyl (C=O) groups is 1. The molecular weight excluding hydrogens is 394 g/mol. The summed E-state index contributed by atoms with van der Waals surface area (Å²) >= 11 is 1.35. The van der Waals surface area contributed by atoms with E-state index in [0.717, 1.165) is 27.9 Å². The monoisotopic (exact) mass is 411 g/mol.